The number of carboxylic acids is 1. The summed E-state index contributed by atoms with van der Waals surface area (Å²) in [5, 5.41) is 10.4. The van der Waals surface area contributed by atoms with Gasteiger partial charge in [0.25, 0.3) is 0 Å². The number of nitrogens with zero attached hydrogens (tertiary/aromatic N) is 2. The highest BCUT2D eigenvalue weighted by Gasteiger charge is 2.37. The van der Waals surface area contributed by atoms with Gasteiger partial charge >= 0.3 is 12.1 Å². The number of benzene rings is 2. The van der Waals surface area contributed by atoms with Crippen molar-refractivity contribution in [1.29, 1.82) is 0 Å². The van der Waals surface area contributed by atoms with Crippen LogP contribution >= 0.6 is 23.4 Å². The van der Waals surface area contributed by atoms with E-state index in [9.17, 15) is 23.1 Å². The van der Waals surface area contributed by atoms with E-state index in [1.54, 1.807) is 18.2 Å². The standard InChI is InChI=1S/C29H31ClF4N2O3S/c1-39-20-4-7-25-22(16-20)27(23(30)18-35-25)24(31)8-9-28(17-26(37)38)10-12-36(13-11-28)14-15-40-21-5-2-19(3-6-21)29(32,33)34/h2-7,16,18,24H,8-15,17H2,1H3,(H,37,38)/t24-/m1/s1. The molecule has 1 aromatic heterocycles. The molecule has 1 atom stereocenters. The first-order valence-corrected chi connectivity index (χ1v) is 14.4. The van der Waals surface area contributed by atoms with E-state index in [0.29, 0.717) is 60.3 Å². The molecular weight excluding hydrogens is 568 g/mol. The summed E-state index contributed by atoms with van der Waals surface area (Å²) in [7, 11) is 1.53. The normalized spacial score (nSPS) is 16.6. The van der Waals surface area contributed by atoms with Crippen LogP contribution in [-0.4, -0.2) is 53.5 Å². The number of carbonyl (C=O) groups is 1. The summed E-state index contributed by atoms with van der Waals surface area (Å²) in [4.78, 5) is 19.0. The molecule has 2 aromatic carbocycles. The number of halogens is 5. The van der Waals surface area contributed by atoms with Gasteiger partial charge in [-0.05, 0) is 86.7 Å². The van der Waals surface area contributed by atoms with E-state index in [0.717, 1.165) is 23.6 Å². The molecule has 0 bridgehead atoms. The smallest absolute Gasteiger partial charge is 0.416 e. The fraction of sp³-hybridized carbons (Fsp3) is 0.448. The molecule has 1 aliphatic heterocycles. The molecule has 1 N–H and O–H groups in total. The average molecular weight is 599 g/mol. The van der Waals surface area contributed by atoms with E-state index in [1.165, 1.54) is 37.2 Å². The first kappa shape index (κ1) is 30.4. The SMILES string of the molecule is COc1ccc2ncc(Cl)c([C@H](F)CCC3(CC(=O)O)CCN(CCSc4ccc(C(F)(F)F)cc4)CC3)c2c1. The Kier molecular flexibility index (Phi) is 9.85. The van der Waals surface area contributed by atoms with Gasteiger partial charge in [-0.2, -0.15) is 13.2 Å². The zero-order valence-corrected chi connectivity index (χ0v) is 23.6. The third-order valence-electron chi connectivity index (χ3n) is 7.61. The van der Waals surface area contributed by atoms with Gasteiger partial charge in [-0.15, -0.1) is 11.8 Å². The Hall–Kier alpha value is -2.56. The van der Waals surface area contributed by atoms with Gasteiger partial charge in [0, 0.05) is 34.3 Å². The third-order valence-corrected chi connectivity index (χ3v) is 8.90. The first-order valence-electron chi connectivity index (χ1n) is 13.0. The zero-order chi connectivity index (χ0) is 28.9. The predicted molar refractivity (Wildman–Crippen MR) is 149 cm³/mol. The van der Waals surface area contributed by atoms with Crippen molar-refractivity contribution < 1.29 is 32.2 Å². The van der Waals surface area contributed by atoms with Crippen molar-refractivity contribution in [2.75, 3.05) is 32.5 Å². The zero-order valence-electron chi connectivity index (χ0n) is 22.0. The largest absolute Gasteiger partial charge is 0.497 e. The number of thioether (sulfide) groups is 1. The maximum absolute atomic E-state index is 15.7. The van der Waals surface area contributed by atoms with Crippen molar-refractivity contribution in [2.45, 2.75) is 49.3 Å². The number of fused-ring (bicyclic) bond motifs is 1. The number of carboxylic acid groups (broad SMARTS) is 1. The number of ether oxygens (including phenoxy) is 1. The molecule has 0 unspecified atom stereocenters. The molecule has 0 spiro atoms. The highest BCUT2D eigenvalue weighted by Crippen LogP contribution is 2.44. The summed E-state index contributed by atoms with van der Waals surface area (Å²) in [6.07, 6.45) is -2.57. The van der Waals surface area contributed by atoms with Gasteiger partial charge < -0.3 is 14.7 Å². The van der Waals surface area contributed by atoms with Crippen LogP contribution in [0.15, 0.2) is 53.6 Å². The van der Waals surface area contributed by atoms with E-state index in [1.807, 2.05) is 0 Å². The fourth-order valence-corrected chi connectivity index (χ4v) is 6.49. The summed E-state index contributed by atoms with van der Waals surface area (Å²) in [6, 6.07) is 10.3. The maximum Gasteiger partial charge on any atom is 0.416 e. The number of rotatable bonds is 11. The van der Waals surface area contributed by atoms with Crippen LogP contribution in [0.4, 0.5) is 17.6 Å². The Labute approximate surface area is 239 Å². The van der Waals surface area contributed by atoms with Gasteiger partial charge in [-0.25, -0.2) is 4.39 Å². The maximum atomic E-state index is 15.7. The highest BCUT2D eigenvalue weighted by molar-refractivity contribution is 7.99. The second kappa shape index (κ2) is 13.0. The molecule has 40 heavy (non-hydrogen) atoms. The molecule has 216 valence electrons. The molecule has 1 fully saturated rings. The van der Waals surface area contributed by atoms with Crippen LogP contribution in [0.3, 0.4) is 0 Å². The minimum absolute atomic E-state index is 0.0352. The minimum Gasteiger partial charge on any atom is -0.497 e. The molecule has 0 saturated carbocycles. The second-order valence-corrected chi connectivity index (χ2v) is 11.8. The number of piperidine rings is 1. The molecule has 0 aliphatic carbocycles. The molecule has 1 saturated heterocycles. The predicted octanol–water partition coefficient (Wildman–Crippen LogP) is 8.06. The summed E-state index contributed by atoms with van der Waals surface area (Å²) < 4.78 is 59.3. The van der Waals surface area contributed by atoms with Crippen LogP contribution in [-0.2, 0) is 11.0 Å². The molecule has 11 heteroatoms. The Bertz CT molecular complexity index is 1320. The quantitative estimate of drug-likeness (QED) is 0.178. The summed E-state index contributed by atoms with van der Waals surface area (Å²) in [6.45, 7) is 2.07. The van der Waals surface area contributed by atoms with E-state index >= 15 is 4.39 Å². The summed E-state index contributed by atoms with van der Waals surface area (Å²) in [5.74, 6) is 0.357. The summed E-state index contributed by atoms with van der Waals surface area (Å²) >= 11 is 7.86. The van der Waals surface area contributed by atoms with Crippen molar-refractivity contribution in [3.63, 3.8) is 0 Å². The lowest BCUT2D eigenvalue weighted by molar-refractivity contribution is -0.141. The molecule has 0 amide bonds. The molecule has 2 heterocycles. The molecular formula is C29H31ClF4N2O3S. The average Bonchev–Trinajstić information content (AvgIpc) is 2.92. The molecule has 4 rings (SSSR count). The number of pyridine rings is 1. The van der Waals surface area contributed by atoms with Crippen LogP contribution in [0.2, 0.25) is 5.02 Å². The van der Waals surface area contributed by atoms with Crippen LogP contribution in [0.5, 0.6) is 5.75 Å². The van der Waals surface area contributed by atoms with Crippen molar-refractivity contribution >= 4 is 40.2 Å². The van der Waals surface area contributed by atoms with Crippen molar-refractivity contribution in [2.24, 2.45) is 5.41 Å². The third kappa shape index (κ3) is 7.59. The van der Waals surface area contributed by atoms with Crippen molar-refractivity contribution in [1.82, 2.24) is 9.88 Å². The Morgan fingerprint density at radius 3 is 2.52 bits per heavy atom. The lowest BCUT2D eigenvalue weighted by atomic mass is 9.71. The molecule has 5 nitrogen and oxygen atoms in total. The molecule has 3 aromatic rings. The van der Waals surface area contributed by atoms with Crippen molar-refractivity contribution in [3.05, 3.63) is 64.8 Å². The minimum atomic E-state index is -4.35. The lowest BCUT2D eigenvalue weighted by Crippen LogP contribution is -2.42. The number of hydrogen-bond donors (Lipinski definition) is 1. The number of alkyl halides is 4. The second-order valence-electron chi connectivity index (χ2n) is 10.2. The first-order chi connectivity index (χ1) is 19.0. The number of aromatic nitrogens is 1. The monoisotopic (exact) mass is 598 g/mol. The van der Waals surface area contributed by atoms with Crippen LogP contribution in [0.25, 0.3) is 10.9 Å². The van der Waals surface area contributed by atoms with E-state index in [4.69, 9.17) is 16.3 Å². The summed E-state index contributed by atoms with van der Waals surface area (Å²) in [5.41, 5.74) is -0.253. The number of hydrogen-bond acceptors (Lipinski definition) is 5. The van der Waals surface area contributed by atoms with Gasteiger partial charge in [0.15, 0.2) is 0 Å². The number of likely N-dealkylation sites (tertiary alicyclic amines) is 1. The van der Waals surface area contributed by atoms with Gasteiger partial charge in [-0.3, -0.25) is 9.78 Å². The molecule has 0 radical (unpaired) electrons. The Balaban J connectivity index is 1.35. The van der Waals surface area contributed by atoms with E-state index < -0.39 is 29.3 Å². The highest BCUT2D eigenvalue weighted by atomic mass is 35.5. The van der Waals surface area contributed by atoms with E-state index in [2.05, 4.69) is 9.88 Å². The lowest BCUT2D eigenvalue weighted by Gasteiger charge is -2.41. The van der Waals surface area contributed by atoms with E-state index in [-0.39, 0.29) is 17.9 Å². The van der Waals surface area contributed by atoms with Crippen LogP contribution < -0.4 is 4.74 Å². The van der Waals surface area contributed by atoms with Gasteiger partial charge in [0.05, 0.1) is 29.6 Å². The van der Waals surface area contributed by atoms with Crippen LogP contribution in [0.1, 0.15) is 49.4 Å². The fourth-order valence-electron chi connectivity index (χ4n) is 5.31. The van der Waals surface area contributed by atoms with Gasteiger partial charge in [0.2, 0.25) is 0 Å². The Morgan fingerprint density at radius 2 is 1.90 bits per heavy atom. The van der Waals surface area contributed by atoms with Gasteiger partial charge in [-0.1, -0.05) is 11.6 Å². The number of aliphatic carboxylic acids is 1. The topological polar surface area (TPSA) is 62.7 Å². The van der Waals surface area contributed by atoms with Crippen molar-refractivity contribution in [3.8, 4) is 5.75 Å². The van der Waals surface area contributed by atoms with Gasteiger partial charge in [0.1, 0.15) is 11.9 Å². The Morgan fingerprint density at radius 1 is 1.20 bits per heavy atom. The van der Waals surface area contributed by atoms with Crippen LogP contribution in [0, 0.1) is 5.41 Å². The molecule has 1 aliphatic rings. The number of methoxy groups -OCH3 is 1.